The monoisotopic (exact) mass is 364 g/mol. The first kappa shape index (κ1) is 16.5. The van der Waals surface area contributed by atoms with E-state index >= 15 is 0 Å². The average molecular weight is 364 g/mol. The summed E-state index contributed by atoms with van der Waals surface area (Å²) in [5.74, 6) is 1.40. The van der Waals surface area contributed by atoms with Gasteiger partial charge in [-0.3, -0.25) is 0 Å². The molecule has 0 amide bonds. The molecule has 0 atom stereocenters. The van der Waals surface area contributed by atoms with Crippen LogP contribution in [0.2, 0.25) is 0 Å². The van der Waals surface area contributed by atoms with Gasteiger partial charge in [-0.2, -0.15) is 0 Å². The Morgan fingerprint density at radius 3 is 2.07 bits per heavy atom. The first-order valence-corrected chi connectivity index (χ1v) is 8.09. The zero-order chi connectivity index (χ0) is 18.8. The maximum atomic E-state index is 10.0. The van der Waals surface area contributed by atoms with Crippen LogP contribution < -0.4 is 9.47 Å². The number of phenols is 2. The van der Waals surface area contributed by atoms with E-state index in [1.54, 1.807) is 68.0 Å². The van der Waals surface area contributed by atoms with Crippen molar-refractivity contribution in [3.05, 3.63) is 67.0 Å². The molecule has 2 aromatic carbocycles. The van der Waals surface area contributed by atoms with E-state index in [0.29, 0.717) is 28.9 Å². The SMILES string of the molecule is COc1ccc(O)c(-n2ccc(Oc3ccn(-c4ccccc4O)n3)n2)c1. The predicted molar refractivity (Wildman–Crippen MR) is 97.1 cm³/mol. The molecule has 4 aromatic rings. The third-order valence-electron chi connectivity index (χ3n) is 3.90. The molecule has 0 radical (unpaired) electrons. The molecule has 136 valence electrons. The van der Waals surface area contributed by atoms with Crippen molar-refractivity contribution >= 4 is 0 Å². The second kappa shape index (κ2) is 6.75. The van der Waals surface area contributed by atoms with E-state index in [1.165, 1.54) is 15.4 Å². The lowest BCUT2D eigenvalue weighted by atomic mass is 10.3. The molecule has 0 unspecified atom stereocenters. The summed E-state index contributed by atoms with van der Waals surface area (Å²) in [6.45, 7) is 0. The van der Waals surface area contributed by atoms with E-state index in [0.717, 1.165) is 0 Å². The topological polar surface area (TPSA) is 94.6 Å². The molecule has 0 bridgehead atoms. The molecule has 8 nitrogen and oxygen atoms in total. The van der Waals surface area contributed by atoms with Gasteiger partial charge >= 0.3 is 0 Å². The normalized spacial score (nSPS) is 10.7. The van der Waals surface area contributed by atoms with Gasteiger partial charge in [0.15, 0.2) is 0 Å². The number of para-hydroxylation sites is 2. The molecule has 2 N–H and O–H groups in total. The summed E-state index contributed by atoms with van der Waals surface area (Å²) in [6.07, 6.45) is 3.33. The van der Waals surface area contributed by atoms with Crippen LogP contribution in [-0.2, 0) is 0 Å². The van der Waals surface area contributed by atoms with Crippen molar-refractivity contribution in [1.29, 1.82) is 0 Å². The largest absolute Gasteiger partial charge is 0.506 e. The number of benzene rings is 2. The van der Waals surface area contributed by atoms with Crippen molar-refractivity contribution in [3.63, 3.8) is 0 Å². The highest BCUT2D eigenvalue weighted by molar-refractivity contribution is 5.50. The Hall–Kier alpha value is -3.94. The Morgan fingerprint density at radius 1 is 0.778 bits per heavy atom. The average Bonchev–Trinajstić information content (AvgIpc) is 3.33. The van der Waals surface area contributed by atoms with E-state index in [9.17, 15) is 10.2 Å². The molecule has 27 heavy (non-hydrogen) atoms. The number of aromatic hydroxyl groups is 2. The van der Waals surface area contributed by atoms with Crippen LogP contribution in [0.1, 0.15) is 0 Å². The second-order valence-corrected chi connectivity index (χ2v) is 5.64. The zero-order valence-corrected chi connectivity index (χ0v) is 14.4. The molecule has 0 aliphatic rings. The minimum Gasteiger partial charge on any atom is -0.506 e. The van der Waals surface area contributed by atoms with Crippen LogP contribution in [0.25, 0.3) is 11.4 Å². The smallest absolute Gasteiger partial charge is 0.240 e. The minimum absolute atomic E-state index is 0.0641. The van der Waals surface area contributed by atoms with Gasteiger partial charge in [0.25, 0.3) is 0 Å². The Morgan fingerprint density at radius 2 is 1.41 bits per heavy atom. The van der Waals surface area contributed by atoms with E-state index in [1.807, 2.05) is 0 Å². The summed E-state index contributed by atoms with van der Waals surface area (Å²) in [4.78, 5) is 0. The first-order chi connectivity index (χ1) is 13.1. The predicted octanol–water partition coefficient (Wildman–Crippen LogP) is 3.27. The Kier molecular flexibility index (Phi) is 4.13. The summed E-state index contributed by atoms with van der Waals surface area (Å²) in [6, 6.07) is 15.0. The maximum absolute atomic E-state index is 10.0. The molecule has 0 fully saturated rings. The standard InChI is InChI=1S/C19H16N4O4/c1-26-13-6-7-17(25)15(12-13)23-11-9-19(21-23)27-18-8-10-22(20-18)14-4-2-3-5-16(14)24/h2-12,24-25H,1H3. The van der Waals surface area contributed by atoms with Crippen LogP contribution in [0.15, 0.2) is 67.0 Å². The Balaban J connectivity index is 1.56. The van der Waals surface area contributed by atoms with Crippen LogP contribution in [-0.4, -0.2) is 36.9 Å². The third-order valence-corrected chi connectivity index (χ3v) is 3.90. The highest BCUT2D eigenvalue weighted by atomic mass is 16.5. The summed E-state index contributed by atoms with van der Waals surface area (Å²) in [5.41, 5.74) is 1.00. The third kappa shape index (κ3) is 3.28. The van der Waals surface area contributed by atoms with E-state index in [-0.39, 0.29) is 11.5 Å². The van der Waals surface area contributed by atoms with Crippen molar-refractivity contribution in [2.75, 3.05) is 7.11 Å². The van der Waals surface area contributed by atoms with Gasteiger partial charge in [-0.15, -0.1) is 10.2 Å². The molecule has 2 heterocycles. The number of hydrogen-bond donors (Lipinski definition) is 2. The molecule has 8 heteroatoms. The molecular formula is C19H16N4O4. The van der Waals surface area contributed by atoms with Gasteiger partial charge < -0.3 is 19.7 Å². The fourth-order valence-corrected chi connectivity index (χ4v) is 2.57. The number of nitrogens with zero attached hydrogens (tertiary/aromatic N) is 4. The van der Waals surface area contributed by atoms with Crippen molar-refractivity contribution in [1.82, 2.24) is 19.6 Å². The van der Waals surface area contributed by atoms with Crippen molar-refractivity contribution in [3.8, 4) is 40.4 Å². The van der Waals surface area contributed by atoms with E-state index in [4.69, 9.17) is 9.47 Å². The lowest BCUT2D eigenvalue weighted by Crippen LogP contribution is -1.98. The van der Waals surface area contributed by atoms with Crippen molar-refractivity contribution in [2.24, 2.45) is 0 Å². The molecule has 2 aromatic heterocycles. The van der Waals surface area contributed by atoms with Crippen LogP contribution >= 0.6 is 0 Å². The van der Waals surface area contributed by atoms with Crippen LogP contribution in [0.3, 0.4) is 0 Å². The lowest BCUT2D eigenvalue weighted by molar-refractivity contribution is 0.410. The van der Waals surface area contributed by atoms with Gasteiger partial charge in [0.2, 0.25) is 11.8 Å². The number of phenolic OH excluding ortho intramolecular Hbond substituents is 2. The quantitative estimate of drug-likeness (QED) is 0.564. The van der Waals surface area contributed by atoms with Crippen LogP contribution in [0.5, 0.6) is 29.0 Å². The van der Waals surface area contributed by atoms with Crippen LogP contribution in [0, 0.1) is 0 Å². The molecule has 0 aliphatic carbocycles. The summed E-state index contributed by atoms with van der Waals surface area (Å²) in [5, 5.41) is 28.5. The number of methoxy groups -OCH3 is 1. The van der Waals surface area contributed by atoms with Gasteiger partial charge in [-0.05, 0) is 24.3 Å². The fourth-order valence-electron chi connectivity index (χ4n) is 2.57. The Bertz CT molecular complexity index is 1090. The molecule has 0 spiro atoms. The van der Waals surface area contributed by atoms with Gasteiger partial charge in [-0.1, -0.05) is 12.1 Å². The van der Waals surface area contributed by atoms with Gasteiger partial charge in [0.1, 0.15) is 28.6 Å². The number of aromatic nitrogens is 4. The molecule has 0 aliphatic heterocycles. The van der Waals surface area contributed by atoms with E-state index < -0.39 is 0 Å². The summed E-state index contributed by atoms with van der Waals surface area (Å²) >= 11 is 0. The highest BCUT2D eigenvalue weighted by Gasteiger charge is 2.11. The van der Waals surface area contributed by atoms with Crippen molar-refractivity contribution < 1.29 is 19.7 Å². The number of ether oxygens (including phenoxy) is 2. The molecular weight excluding hydrogens is 348 g/mol. The second-order valence-electron chi connectivity index (χ2n) is 5.64. The fraction of sp³-hybridized carbons (Fsp3) is 0.0526. The maximum Gasteiger partial charge on any atom is 0.240 e. The van der Waals surface area contributed by atoms with Crippen LogP contribution in [0.4, 0.5) is 0 Å². The summed E-state index contributed by atoms with van der Waals surface area (Å²) < 4.78 is 13.8. The van der Waals surface area contributed by atoms with Crippen molar-refractivity contribution in [2.45, 2.75) is 0 Å². The summed E-state index contributed by atoms with van der Waals surface area (Å²) in [7, 11) is 1.55. The molecule has 0 saturated heterocycles. The lowest BCUT2D eigenvalue weighted by Gasteiger charge is -2.07. The van der Waals surface area contributed by atoms with Gasteiger partial charge in [0, 0.05) is 30.6 Å². The van der Waals surface area contributed by atoms with Gasteiger partial charge in [-0.25, -0.2) is 9.36 Å². The number of rotatable bonds is 5. The molecule has 0 saturated carbocycles. The highest BCUT2D eigenvalue weighted by Crippen LogP contribution is 2.28. The van der Waals surface area contributed by atoms with E-state index in [2.05, 4.69) is 10.2 Å². The molecule has 4 rings (SSSR count). The van der Waals surface area contributed by atoms with Gasteiger partial charge in [0.05, 0.1) is 7.11 Å². The Labute approximate surface area is 154 Å². The first-order valence-electron chi connectivity index (χ1n) is 8.09. The zero-order valence-electron chi connectivity index (χ0n) is 14.4. The number of hydrogen-bond acceptors (Lipinski definition) is 6. The minimum atomic E-state index is 0.0641.